The van der Waals surface area contributed by atoms with Gasteiger partial charge in [-0.3, -0.25) is 9.59 Å². The van der Waals surface area contributed by atoms with E-state index in [1.807, 2.05) is 16.6 Å². The number of aromatic nitrogens is 2. The Kier molecular flexibility index (Phi) is 6.25. The third-order valence-electron chi connectivity index (χ3n) is 11.7. The molecule has 52 heavy (non-hydrogen) atoms. The first-order chi connectivity index (χ1) is 25.2. The summed E-state index contributed by atoms with van der Waals surface area (Å²) in [6.07, 6.45) is 0. The topological polar surface area (TPSA) is 43.0 Å². The third-order valence-corrected chi connectivity index (χ3v) is 11.7. The van der Waals surface area contributed by atoms with Crippen molar-refractivity contribution in [2.24, 2.45) is 0 Å². The molecule has 0 unspecified atom stereocenters. The van der Waals surface area contributed by atoms with Gasteiger partial charge in [0.15, 0.2) is 0 Å². The van der Waals surface area contributed by atoms with Gasteiger partial charge >= 0.3 is 0 Å². The van der Waals surface area contributed by atoms with Crippen LogP contribution in [0.5, 0.6) is 0 Å². The van der Waals surface area contributed by atoms with Gasteiger partial charge in [-0.05, 0) is 67.8 Å². The Balaban J connectivity index is 1.17. The maximum Gasteiger partial charge on any atom is 0.279 e. The zero-order valence-corrected chi connectivity index (χ0v) is 29.6. The minimum atomic E-state index is -0.604. The average Bonchev–Trinajstić information content (AvgIpc) is 3.81. The van der Waals surface area contributed by atoms with Gasteiger partial charge in [0.25, 0.3) is 11.1 Å². The van der Waals surface area contributed by atoms with Gasteiger partial charge in [-0.2, -0.15) is 4.52 Å². The monoisotopic (exact) mass is 672 g/mol. The summed E-state index contributed by atoms with van der Waals surface area (Å²) in [5.41, 5.74) is 14.7. The Bertz CT molecular complexity index is 2680. The summed E-state index contributed by atoms with van der Waals surface area (Å²) in [4.78, 5) is 29.0. The zero-order chi connectivity index (χ0) is 35.5. The lowest BCUT2D eigenvalue weighted by atomic mass is 9.81. The first kappa shape index (κ1) is 30.6. The highest BCUT2D eigenvalue weighted by atomic mass is 16.2. The molecule has 0 radical (unpaired) electrons. The summed E-state index contributed by atoms with van der Waals surface area (Å²) < 4.78 is 3.35. The molecule has 6 aromatic carbocycles. The molecule has 250 valence electrons. The second kappa shape index (κ2) is 10.6. The summed E-state index contributed by atoms with van der Waals surface area (Å²) >= 11 is 0. The fourth-order valence-electron chi connectivity index (χ4n) is 9.18. The summed E-state index contributed by atoms with van der Waals surface area (Å²) in [5.74, 6) is 0. The van der Waals surface area contributed by atoms with Crippen molar-refractivity contribution in [2.75, 3.05) is 0 Å². The lowest BCUT2D eigenvalue weighted by Gasteiger charge is -2.21. The van der Waals surface area contributed by atoms with Crippen molar-refractivity contribution in [3.63, 3.8) is 0 Å². The van der Waals surface area contributed by atoms with E-state index < -0.39 is 10.8 Å². The number of benzene rings is 6. The van der Waals surface area contributed by atoms with Crippen molar-refractivity contribution in [3.8, 4) is 67.0 Å². The lowest BCUT2D eigenvalue weighted by Crippen LogP contribution is -2.32. The van der Waals surface area contributed by atoms with Crippen LogP contribution >= 0.6 is 0 Å². The Labute approximate surface area is 302 Å². The molecule has 2 heterocycles. The SMILES string of the molecule is CC1(C)c2cc(-c3ccccc3-c3ccccc3)ccc2-c2c1c(=O)n1c(=O)c3c(n21)-c1ccc(-c2ccccc2-c2ccccc2)cc1C3(C)C. The maximum atomic E-state index is 14.5. The molecule has 4 heteroatoms. The molecule has 0 spiro atoms. The van der Waals surface area contributed by atoms with Gasteiger partial charge in [-0.1, -0.05) is 161 Å². The smallest absolute Gasteiger partial charge is 0.267 e. The Hall–Kier alpha value is -6.26. The van der Waals surface area contributed by atoms with E-state index in [2.05, 4.69) is 161 Å². The van der Waals surface area contributed by atoms with Crippen LogP contribution in [0.4, 0.5) is 0 Å². The molecule has 2 aliphatic rings. The minimum absolute atomic E-state index is 0.229. The number of hydrogen-bond donors (Lipinski definition) is 0. The van der Waals surface area contributed by atoms with Crippen molar-refractivity contribution < 1.29 is 0 Å². The van der Waals surface area contributed by atoms with E-state index >= 15 is 0 Å². The summed E-state index contributed by atoms with van der Waals surface area (Å²) in [6, 6.07) is 51.0. The van der Waals surface area contributed by atoms with Crippen LogP contribution in [0.3, 0.4) is 0 Å². The molecule has 2 aromatic heterocycles. The highest BCUT2D eigenvalue weighted by Gasteiger charge is 2.47. The first-order valence-electron chi connectivity index (χ1n) is 18.0. The zero-order valence-electron chi connectivity index (χ0n) is 29.6. The molecule has 0 N–H and O–H groups in total. The second-order valence-electron chi connectivity index (χ2n) is 15.3. The molecular weight excluding hydrogens is 637 g/mol. The Morgan fingerprint density at radius 1 is 0.365 bits per heavy atom. The van der Waals surface area contributed by atoms with Crippen LogP contribution in [-0.2, 0) is 10.8 Å². The van der Waals surface area contributed by atoms with E-state index in [1.165, 1.54) is 4.52 Å². The van der Waals surface area contributed by atoms with Crippen molar-refractivity contribution in [2.45, 2.75) is 38.5 Å². The third kappa shape index (κ3) is 3.98. The Morgan fingerprint density at radius 3 is 1.10 bits per heavy atom. The molecule has 0 atom stereocenters. The van der Waals surface area contributed by atoms with E-state index in [0.29, 0.717) is 11.1 Å². The summed E-state index contributed by atoms with van der Waals surface area (Å²) in [5, 5.41) is 0. The number of nitrogens with zero attached hydrogens (tertiary/aromatic N) is 2. The van der Waals surface area contributed by atoms with Crippen LogP contribution in [-0.4, -0.2) is 9.03 Å². The van der Waals surface area contributed by atoms with Crippen LogP contribution < -0.4 is 11.1 Å². The van der Waals surface area contributed by atoms with E-state index in [0.717, 1.165) is 78.1 Å². The number of fused-ring (bicyclic) bond motifs is 9. The Morgan fingerprint density at radius 2 is 0.712 bits per heavy atom. The summed E-state index contributed by atoms with van der Waals surface area (Å²) in [6.45, 7) is 8.46. The molecule has 2 aliphatic carbocycles. The van der Waals surface area contributed by atoms with E-state index in [-0.39, 0.29) is 11.1 Å². The van der Waals surface area contributed by atoms with Crippen LogP contribution in [0.15, 0.2) is 155 Å². The molecule has 0 amide bonds. The van der Waals surface area contributed by atoms with Crippen LogP contribution in [0.25, 0.3) is 67.0 Å². The van der Waals surface area contributed by atoms with Gasteiger partial charge in [0.2, 0.25) is 0 Å². The van der Waals surface area contributed by atoms with Crippen LogP contribution in [0.1, 0.15) is 49.9 Å². The van der Waals surface area contributed by atoms with Gasteiger partial charge in [-0.15, -0.1) is 0 Å². The molecule has 10 rings (SSSR count). The molecular formula is C48H36N2O2. The van der Waals surface area contributed by atoms with Gasteiger partial charge in [-0.25, -0.2) is 4.52 Å². The molecule has 0 bridgehead atoms. The van der Waals surface area contributed by atoms with Crippen molar-refractivity contribution in [1.82, 2.24) is 9.03 Å². The van der Waals surface area contributed by atoms with Crippen LogP contribution in [0, 0.1) is 0 Å². The van der Waals surface area contributed by atoms with E-state index in [4.69, 9.17) is 0 Å². The van der Waals surface area contributed by atoms with Crippen molar-refractivity contribution >= 4 is 0 Å². The molecule has 0 aliphatic heterocycles. The number of hydrogen-bond acceptors (Lipinski definition) is 2. The quantitative estimate of drug-likeness (QED) is 0.187. The van der Waals surface area contributed by atoms with E-state index in [9.17, 15) is 9.59 Å². The van der Waals surface area contributed by atoms with Gasteiger partial charge < -0.3 is 0 Å². The van der Waals surface area contributed by atoms with Gasteiger partial charge in [0, 0.05) is 22.0 Å². The van der Waals surface area contributed by atoms with Crippen LogP contribution in [0.2, 0.25) is 0 Å². The second-order valence-corrected chi connectivity index (χ2v) is 15.3. The fourth-order valence-corrected chi connectivity index (χ4v) is 9.18. The molecule has 0 saturated carbocycles. The van der Waals surface area contributed by atoms with Crippen molar-refractivity contribution in [3.05, 3.63) is 189 Å². The normalized spacial score (nSPS) is 14.6. The lowest BCUT2D eigenvalue weighted by molar-refractivity contribution is 0.641. The number of rotatable bonds is 4. The largest absolute Gasteiger partial charge is 0.279 e. The van der Waals surface area contributed by atoms with Gasteiger partial charge in [0.05, 0.1) is 22.5 Å². The van der Waals surface area contributed by atoms with Crippen molar-refractivity contribution in [1.29, 1.82) is 0 Å². The molecule has 8 aromatic rings. The van der Waals surface area contributed by atoms with Gasteiger partial charge in [0.1, 0.15) is 0 Å². The summed E-state index contributed by atoms with van der Waals surface area (Å²) in [7, 11) is 0. The fraction of sp³-hybridized carbons (Fsp3) is 0.125. The predicted octanol–water partition coefficient (Wildman–Crippen LogP) is 10.5. The maximum absolute atomic E-state index is 14.5. The molecule has 0 saturated heterocycles. The first-order valence-corrected chi connectivity index (χ1v) is 18.0. The highest BCUT2D eigenvalue weighted by Crippen LogP contribution is 2.53. The predicted molar refractivity (Wildman–Crippen MR) is 211 cm³/mol. The average molecular weight is 673 g/mol. The standard InChI is InChI=1S/C48H36N2O2/c1-47(2)39-27-31(35-21-13-11-19-33(35)29-15-7-5-8-16-29)23-25-37(39)43-41(47)45(51)50-46(52)42-44(49(43)50)38-26-24-32(28-40(38)48(42,3)4)36-22-14-12-20-34(36)30-17-9-6-10-18-30/h5-28H,1-4H3. The minimum Gasteiger partial charge on any atom is -0.267 e. The molecule has 4 nitrogen and oxygen atoms in total. The highest BCUT2D eigenvalue weighted by molar-refractivity contribution is 5.91. The molecule has 0 fully saturated rings. The van der Waals surface area contributed by atoms with E-state index in [1.54, 1.807) is 0 Å².